The Morgan fingerprint density at radius 3 is 2.78 bits per heavy atom. The molecule has 2 N–H and O–H groups in total. The quantitative estimate of drug-likeness (QED) is 0.907. The van der Waals surface area contributed by atoms with Gasteiger partial charge < -0.3 is 10.6 Å². The van der Waals surface area contributed by atoms with E-state index in [1.807, 2.05) is 0 Å². The van der Waals surface area contributed by atoms with Crippen molar-refractivity contribution in [2.24, 2.45) is 18.7 Å². The van der Waals surface area contributed by atoms with Gasteiger partial charge in [0.15, 0.2) is 0 Å². The SMILES string of the molecule is Cn1ncc(N2CCC(CCN)CC2)c(Br)c1=O. The predicted octanol–water partition coefficient (Wildman–Crippen LogP) is 1.11. The summed E-state index contributed by atoms with van der Waals surface area (Å²) < 4.78 is 1.95. The molecule has 2 rings (SSSR count). The number of nitrogens with two attached hydrogens (primary N) is 1. The highest BCUT2D eigenvalue weighted by Crippen LogP contribution is 2.27. The predicted molar refractivity (Wildman–Crippen MR) is 75.8 cm³/mol. The van der Waals surface area contributed by atoms with Crippen LogP contribution in [-0.4, -0.2) is 29.4 Å². The molecule has 0 radical (unpaired) electrons. The van der Waals surface area contributed by atoms with Crippen LogP contribution in [0, 0.1) is 5.92 Å². The van der Waals surface area contributed by atoms with Crippen LogP contribution in [0.3, 0.4) is 0 Å². The number of aryl methyl sites for hydroxylation is 1. The first-order chi connectivity index (χ1) is 8.63. The average molecular weight is 315 g/mol. The third-order valence-corrected chi connectivity index (χ3v) is 4.34. The van der Waals surface area contributed by atoms with Crippen molar-refractivity contribution >= 4 is 21.6 Å². The first-order valence-corrected chi connectivity index (χ1v) is 7.09. The molecule has 0 aromatic carbocycles. The Hall–Kier alpha value is -0.880. The number of rotatable bonds is 3. The van der Waals surface area contributed by atoms with Crippen molar-refractivity contribution < 1.29 is 0 Å². The van der Waals surface area contributed by atoms with Crippen LogP contribution < -0.4 is 16.2 Å². The fraction of sp³-hybridized carbons (Fsp3) is 0.667. The molecule has 0 unspecified atom stereocenters. The molecule has 1 saturated heterocycles. The molecule has 0 saturated carbocycles. The summed E-state index contributed by atoms with van der Waals surface area (Å²) in [5.74, 6) is 0.726. The van der Waals surface area contributed by atoms with Gasteiger partial charge in [-0.15, -0.1) is 0 Å². The second-order valence-corrected chi connectivity index (χ2v) is 5.57. The zero-order valence-electron chi connectivity index (χ0n) is 10.6. The fourth-order valence-electron chi connectivity index (χ4n) is 2.42. The van der Waals surface area contributed by atoms with Crippen LogP contribution in [0.15, 0.2) is 15.5 Å². The van der Waals surface area contributed by atoms with Gasteiger partial charge in [0, 0.05) is 20.1 Å². The van der Waals surface area contributed by atoms with Crippen LogP contribution in [-0.2, 0) is 7.05 Å². The third-order valence-electron chi connectivity index (χ3n) is 3.59. The van der Waals surface area contributed by atoms with E-state index in [0.29, 0.717) is 4.47 Å². The molecule has 2 heterocycles. The number of aromatic nitrogens is 2. The fourth-order valence-corrected chi connectivity index (χ4v) is 3.03. The van der Waals surface area contributed by atoms with Crippen LogP contribution >= 0.6 is 15.9 Å². The number of hydrogen-bond donors (Lipinski definition) is 1. The van der Waals surface area contributed by atoms with Crippen LogP contribution in [0.5, 0.6) is 0 Å². The molecule has 1 aromatic rings. The molecule has 6 heteroatoms. The molecule has 1 aliphatic heterocycles. The van der Waals surface area contributed by atoms with Gasteiger partial charge in [0.25, 0.3) is 5.56 Å². The van der Waals surface area contributed by atoms with E-state index in [-0.39, 0.29) is 5.56 Å². The lowest BCUT2D eigenvalue weighted by atomic mass is 9.93. The molecular formula is C12H19BrN4O. The van der Waals surface area contributed by atoms with Gasteiger partial charge in [-0.05, 0) is 47.7 Å². The minimum atomic E-state index is -0.0865. The summed E-state index contributed by atoms with van der Waals surface area (Å²) >= 11 is 3.38. The van der Waals surface area contributed by atoms with Gasteiger partial charge in [-0.3, -0.25) is 4.79 Å². The lowest BCUT2D eigenvalue weighted by Crippen LogP contribution is -2.36. The highest BCUT2D eigenvalue weighted by atomic mass is 79.9. The summed E-state index contributed by atoms with van der Waals surface area (Å²) in [7, 11) is 1.66. The Labute approximate surface area is 115 Å². The normalized spacial score (nSPS) is 17.2. The van der Waals surface area contributed by atoms with Crippen molar-refractivity contribution in [1.29, 1.82) is 0 Å². The maximum absolute atomic E-state index is 11.8. The van der Waals surface area contributed by atoms with Crippen LogP contribution in [0.25, 0.3) is 0 Å². The summed E-state index contributed by atoms with van der Waals surface area (Å²) in [6.45, 7) is 2.71. The van der Waals surface area contributed by atoms with Crippen LogP contribution in [0.2, 0.25) is 0 Å². The van der Waals surface area contributed by atoms with Crippen molar-refractivity contribution in [1.82, 2.24) is 9.78 Å². The smallest absolute Gasteiger partial charge is 0.282 e. The van der Waals surface area contributed by atoms with E-state index < -0.39 is 0 Å². The largest absolute Gasteiger partial charge is 0.369 e. The maximum atomic E-state index is 11.8. The second-order valence-electron chi connectivity index (χ2n) is 4.78. The first-order valence-electron chi connectivity index (χ1n) is 6.30. The van der Waals surface area contributed by atoms with E-state index in [1.54, 1.807) is 13.2 Å². The minimum absolute atomic E-state index is 0.0865. The second kappa shape index (κ2) is 5.84. The molecule has 0 aliphatic carbocycles. The molecule has 0 spiro atoms. The minimum Gasteiger partial charge on any atom is -0.369 e. The molecule has 0 amide bonds. The van der Waals surface area contributed by atoms with Gasteiger partial charge in [-0.2, -0.15) is 5.10 Å². The average Bonchev–Trinajstić information content (AvgIpc) is 2.38. The van der Waals surface area contributed by atoms with Gasteiger partial charge in [0.05, 0.1) is 11.9 Å². The lowest BCUT2D eigenvalue weighted by Gasteiger charge is -2.33. The van der Waals surface area contributed by atoms with Crippen LogP contribution in [0.4, 0.5) is 5.69 Å². The maximum Gasteiger partial charge on any atom is 0.282 e. The van der Waals surface area contributed by atoms with E-state index in [4.69, 9.17) is 5.73 Å². The standard InChI is InChI=1S/C12H19BrN4O/c1-16-12(18)11(13)10(8-15-16)17-6-3-9(2-5-14)4-7-17/h8-9H,2-7,14H2,1H3. The Morgan fingerprint density at radius 1 is 1.50 bits per heavy atom. The van der Waals surface area contributed by atoms with Gasteiger partial charge >= 0.3 is 0 Å². The molecule has 1 fully saturated rings. The van der Waals surface area contributed by atoms with Crippen molar-refractivity contribution in [3.8, 4) is 0 Å². The summed E-state index contributed by atoms with van der Waals surface area (Å²) in [4.78, 5) is 14.0. The molecule has 0 bridgehead atoms. The Bertz CT molecular complexity index is 466. The zero-order chi connectivity index (χ0) is 13.1. The van der Waals surface area contributed by atoms with E-state index in [0.717, 1.165) is 50.5 Å². The third kappa shape index (κ3) is 2.75. The number of halogens is 1. The van der Waals surface area contributed by atoms with Crippen molar-refractivity contribution in [2.75, 3.05) is 24.5 Å². The highest BCUT2D eigenvalue weighted by Gasteiger charge is 2.21. The molecule has 1 aromatic heterocycles. The lowest BCUT2D eigenvalue weighted by molar-refractivity contribution is 0.385. The van der Waals surface area contributed by atoms with Crippen LogP contribution in [0.1, 0.15) is 19.3 Å². The van der Waals surface area contributed by atoms with E-state index in [1.165, 1.54) is 4.68 Å². The summed E-state index contributed by atoms with van der Waals surface area (Å²) in [6, 6.07) is 0. The first kappa shape index (κ1) is 13.5. The number of piperidine rings is 1. The molecular weight excluding hydrogens is 296 g/mol. The van der Waals surface area contributed by atoms with Gasteiger partial charge in [0.1, 0.15) is 4.47 Å². The van der Waals surface area contributed by atoms with Crippen molar-refractivity contribution in [3.05, 3.63) is 21.0 Å². The van der Waals surface area contributed by atoms with Gasteiger partial charge in [-0.1, -0.05) is 0 Å². The Kier molecular flexibility index (Phi) is 4.40. The Balaban J connectivity index is 2.10. The molecule has 0 atom stereocenters. The summed E-state index contributed by atoms with van der Waals surface area (Å²) in [6.07, 6.45) is 5.14. The molecule has 1 aliphatic rings. The number of anilines is 1. The monoisotopic (exact) mass is 314 g/mol. The zero-order valence-corrected chi connectivity index (χ0v) is 12.2. The number of hydrogen-bond acceptors (Lipinski definition) is 4. The van der Waals surface area contributed by atoms with Gasteiger partial charge in [-0.25, -0.2) is 4.68 Å². The van der Waals surface area contributed by atoms with Gasteiger partial charge in [0.2, 0.25) is 0 Å². The molecule has 5 nitrogen and oxygen atoms in total. The molecule has 18 heavy (non-hydrogen) atoms. The van der Waals surface area contributed by atoms with E-state index in [9.17, 15) is 4.79 Å². The van der Waals surface area contributed by atoms with Crippen molar-refractivity contribution in [3.63, 3.8) is 0 Å². The van der Waals surface area contributed by atoms with Crippen molar-refractivity contribution in [2.45, 2.75) is 19.3 Å². The van der Waals surface area contributed by atoms with E-state index >= 15 is 0 Å². The highest BCUT2D eigenvalue weighted by molar-refractivity contribution is 9.10. The summed E-state index contributed by atoms with van der Waals surface area (Å²) in [5, 5.41) is 4.08. The topological polar surface area (TPSA) is 64.2 Å². The Morgan fingerprint density at radius 2 is 2.17 bits per heavy atom. The number of nitrogens with zero attached hydrogens (tertiary/aromatic N) is 3. The summed E-state index contributed by atoms with van der Waals surface area (Å²) in [5.41, 5.74) is 6.41. The van der Waals surface area contributed by atoms with E-state index in [2.05, 4.69) is 25.9 Å². The molecule has 100 valence electrons.